The van der Waals surface area contributed by atoms with Crippen molar-refractivity contribution in [2.75, 3.05) is 13.1 Å². The van der Waals surface area contributed by atoms with Gasteiger partial charge < -0.3 is 5.73 Å². The Hall–Kier alpha value is -0.860. The van der Waals surface area contributed by atoms with Crippen molar-refractivity contribution in [3.63, 3.8) is 0 Å². The van der Waals surface area contributed by atoms with Crippen LogP contribution in [-0.2, 0) is 6.54 Å². The molecule has 2 N–H and O–H groups in total. The molecule has 0 aromatic heterocycles. The maximum atomic E-state index is 5.84. The van der Waals surface area contributed by atoms with E-state index in [1.165, 1.54) is 18.4 Å². The summed E-state index contributed by atoms with van der Waals surface area (Å²) in [4.78, 5) is 2.58. The second-order valence-corrected chi connectivity index (χ2v) is 6.66. The normalized spacial score (nSPS) is 12.1. The fourth-order valence-electron chi connectivity index (χ4n) is 2.86. The lowest BCUT2D eigenvalue weighted by Crippen LogP contribution is -2.40. The van der Waals surface area contributed by atoms with Gasteiger partial charge in [0, 0.05) is 25.7 Å². The van der Waals surface area contributed by atoms with Crippen LogP contribution in [0.4, 0.5) is 0 Å². The SMILES string of the molecule is CC(C)CC(CC(C)C)N(CCN)Cc1ccccc1. The van der Waals surface area contributed by atoms with Gasteiger partial charge in [-0.1, -0.05) is 58.0 Å². The van der Waals surface area contributed by atoms with Crippen molar-refractivity contribution in [3.05, 3.63) is 35.9 Å². The summed E-state index contributed by atoms with van der Waals surface area (Å²) in [6.45, 7) is 12.0. The summed E-state index contributed by atoms with van der Waals surface area (Å²) in [6.07, 6.45) is 2.51. The van der Waals surface area contributed by atoms with Gasteiger partial charge in [-0.2, -0.15) is 0 Å². The van der Waals surface area contributed by atoms with Crippen LogP contribution in [0.15, 0.2) is 30.3 Å². The van der Waals surface area contributed by atoms with Crippen molar-refractivity contribution in [3.8, 4) is 0 Å². The molecule has 114 valence electrons. The quantitative estimate of drug-likeness (QED) is 0.741. The lowest BCUT2D eigenvalue weighted by atomic mass is 9.94. The zero-order valence-corrected chi connectivity index (χ0v) is 13.7. The number of nitrogens with zero attached hydrogens (tertiary/aromatic N) is 1. The Morgan fingerprint density at radius 3 is 1.95 bits per heavy atom. The van der Waals surface area contributed by atoms with Crippen LogP contribution < -0.4 is 5.73 Å². The molecule has 1 aromatic rings. The van der Waals surface area contributed by atoms with Gasteiger partial charge in [0.15, 0.2) is 0 Å². The molecule has 1 aromatic carbocycles. The third-order valence-electron chi connectivity index (χ3n) is 3.65. The largest absolute Gasteiger partial charge is 0.329 e. The highest BCUT2D eigenvalue weighted by Gasteiger charge is 2.20. The molecule has 0 unspecified atom stereocenters. The first-order valence-electron chi connectivity index (χ1n) is 8.01. The van der Waals surface area contributed by atoms with Crippen LogP contribution >= 0.6 is 0 Å². The van der Waals surface area contributed by atoms with E-state index in [0.29, 0.717) is 6.04 Å². The van der Waals surface area contributed by atoms with E-state index in [0.717, 1.165) is 31.5 Å². The highest BCUT2D eigenvalue weighted by atomic mass is 15.2. The van der Waals surface area contributed by atoms with Crippen LogP contribution in [0.2, 0.25) is 0 Å². The van der Waals surface area contributed by atoms with Crippen LogP contribution in [0.1, 0.15) is 46.1 Å². The molecule has 20 heavy (non-hydrogen) atoms. The minimum absolute atomic E-state index is 0.638. The number of rotatable bonds is 9. The molecule has 2 heteroatoms. The predicted octanol–water partition coefficient (Wildman–Crippen LogP) is 3.91. The maximum Gasteiger partial charge on any atom is 0.0237 e. The number of hydrogen-bond acceptors (Lipinski definition) is 2. The Morgan fingerprint density at radius 1 is 0.950 bits per heavy atom. The summed E-state index contributed by atoms with van der Waals surface area (Å²) in [5.41, 5.74) is 7.23. The molecule has 0 fully saturated rings. The molecule has 0 spiro atoms. The molecule has 0 radical (unpaired) electrons. The molecule has 0 heterocycles. The van der Waals surface area contributed by atoms with Crippen LogP contribution in [-0.4, -0.2) is 24.0 Å². The Labute approximate surface area is 125 Å². The second kappa shape index (κ2) is 9.15. The van der Waals surface area contributed by atoms with Crippen molar-refractivity contribution in [1.29, 1.82) is 0 Å². The summed E-state index contributed by atoms with van der Waals surface area (Å²) < 4.78 is 0. The fraction of sp³-hybridized carbons (Fsp3) is 0.667. The Morgan fingerprint density at radius 2 is 1.50 bits per heavy atom. The molecule has 0 saturated heterocycles. The Kier molecular flexibility index (Phi) is 7.86. The van der Waals surface area contributed by atoms with Crippen molar-refractivity contribution in [2.45, 2.75) is 53.1 Å². The molecule has 0 atom stereocenters. The van der Waals surface area contributed by atoms with E-state index in [1.54, 1.807) is 0 Å². The smallest absolute Gasteiger partial charge is 0.0237 e. The van der Waals surface area contributed by atoms with Gasteiger partial charge in [-0.25, -0.2) is 0 Å². The molecule has 0 saturated carbocycles. The Balaban J connectivity index is 2.77. The van der Waals surface area contributed by atoms with Gasteiger partial charge in [-0.05, 0) is 30.2 Å². The van der Waals surface area contributed by atoms with Crippen LogP contribution in [0.5, 0.6) is 0 Å². The maximum absolute atomic E-state index is 5.84. The first kappa shape index (κ1) is 17.2. The summed E-state index contributed by atoms with van der Waals surface area (Å²) in [6, 6.07) is 11.4. The van der Waals surface area contributed by atoms with Gasteiger partial charge >= 0.3 is 0 Å². The van der Waals surface area contributed by atoms with E-state index in [2.05, 4.69) is 62.9 Å². The molecule has 0 aliphatic carbocycles. The van der Waals surface area contributed by atoms with Gasteiger partial charge in [0.1, 0.15) is 0 Å². The van der Waals surface area contributed by atoms with Gasteiger partial charge in [-0.15, -0.1) is 0 Å². The monoisotopic (exact) mass is 276 g/mol. The molecule has 0 bridgehead atoms. The minimum Gasteiger partial charge on any atom is -0.329 e. The topological polar surface area (TPSA) is 29.3 Å². The zero-order valence-electron chi connectivity index (χ0n) is 13.7. The van der Waals surface area contributed by atoms with Crippen LogP contribution in [0.25, 0.3) is 0 Å². The van der Waals surface area contributed by atoms with E-state index in [1.807, 2.05) is 0 Å². The van der Waals surface area contributed by atoms with E-state index in [4.69, 9.17) is 5.73 Å². The molecule has 0 amide bonds. The van der Waals surface area contributed by atoms with E-state index < -0.39 is 0 Å². The second-order valence-electron chi connectivity index (χ2n) is 6.66. The van der Waals surface area contributed by atoms with Crippen molar-refractivity contribution in [1.82, 2.24) is 4.90 Å². The number of benzene rings is 1. The number of hydrogen-bond donors (Lipinski definition) is 1. The number of nitrogens with two attached hydrogens (primary N) is 1. The van der Waals surface area contributed by atoms with Crippen molar-refractivity contribution >= 4 is 0 Å². The highest BCUT2D eigenvalue weighted by Crippen LogP contribution is 2.21. The summed E-state index contributed by atoms with van der Waals surface area (Å²) >= 11 is 0. The lowest BCUT2D eigenvalue weighted by molar-refractivity contribution is 0.148. The summed E-state index contributed by atoms with van der Waals surface area (Å²) in [7, 11) is 0. The van der Waals surface area contributed by atoms with E-state index in [-0.39, 0.29) is 0 Å². The first-order chi connectivity index (χ1) is 9.52. The molecular formula is C18H32N2. The average Bonchev–Trinajstić information content (AvgIpc) is 2.37. The molecule has 0 aliphatic rings. The predicted molar refractivity (Wildman–Crippen MR) is 88.6 cm³/mol. The van der Waals surface area contributed by atoms with E-state index in [9.17, 15) is 0 Å². The summed E-state index contributed by atoms with van der Waals surface area (Å²) in [5.74, 6) is 1.46. The zero-order chi connectivity index (χ0) is 15.0. The average molecular weight is 276 g/mol. The third-order valence-corrected chi connectivity index (χ3v) is 3.65. The molecule has 1 rings (SSSR count). The molecule has 0 aliphatic heterocycles. The standard InChI is InChI=1S/C18H32N2/c1-15(2)12-18(13-16(3)4)20(11-10-19)14-17-8-6-5-7-9-17/h5-9,15-16,18H,10-14,19H2,1-4H3. The van der Waals surface area contributed by atoms with Gasteiger partial charge in [0.2, 0.25) is 0 Å². The Bertz CT molecular complexity index is 336. The van der Waals surface area contributed by atoms with Crippen molar-refractivity contribution in [2.24, 2.45) is 17.6 Å². The fourth-order valence-corrected chi connectivity index (χ4v) is 2.86. The first-order valence-corrected chi connectivity index (χ1v) is 8.01. The highest BCUT2D eigenvalue weighted by molar-refractivity contribution is 5.14. The minimum atomic E-state index is 0.638. The van der Waals surface area contributed by atoms with Crippen LogP contribution in [0.3, 0.4) is 0 Å². The summed E-state index contributed by atoms with van der Waals surface area (Å²) in [5, 5.41) is 0. The van der Waals surface area contributed by atoms with Crippen LogP contribution in [0, 0.1) is 11.8 Å². The van der Waals surface area contributed by atoms with Crippen molar-refractivity contribution < 1.29 is 0 Å². The molecular weight excluding hydrogens is 244 g/mol. The van der Waals surface area contributed by atoms with Gasteiger partial charge in [0.05, 0.1) is 0 Å². The molecule has 2 nitrogen and oxygen atoms in total. The lowest BCUT2D eigenvalue weighted by Gasteiger charge is -2.34. The van der Waals surface area contributed by atoms with E-state index >= 15 is 0 Å². The van der Waals surface area contributed by atoms with Gasteiger partial charge in [-0.3, -0.25) is 4.90 Å². The third kappa shape index (κ3) is 6.53. The van der Waals surface area contributed by atoms with Gasteiger partial charge in [0.25, 0.3) is 0 Å².